The van der Waals surface area contributed by atoms with Gasteiger partial charge in [0.2, 0.25) is 0 Å². The summed E-state index contributed by atoms with van der Waals surface area (Å²) in [6, 6.07) is 8.39. The first-order valence-corrected chi connectivity index (χ1v) is 8.11. The van der Waals surface area contributed by atoms with Gasteiger partial charge in [-0.05, 0) is 56.0 Å². The van der Waals surface area contributed by atoms with E-state index in [1.54, 1.807) is 18.2 Å². The molecule has 0 saturated heterocycles. The molecule has 1 aromatic carbocycles. The van der Waals surface area contributed by atoms with Crippen LogP contribution in [0.5, 0.6) is 0 Å². The highest BCUT2D eigenvalue weighted by Gasteiger charge is 2.37. The van der Waals surface area contributed by atoms with Crippen molar-refractivity contribution in [2.24, 2.45) is 5.92 Å². The van der Waals surface area contributed by atoms with Gasteiger partial charge in [-0.3, -0.25) is 9.89 Å². The Hall–Kier alpha value is -2.17. The molecule has 0 aliphatic heterocycles. The lowest BCUT2D eigenvalue weighted by Crippen LogP contribution is -2.43. The molecule has 1 aliphatic rings. The molecule has 1 amide bonds. The molecule has 1 atom stereocenters. The summed E-state index contributed by atoms with van der Waals surface area (Å²) < 4.78 is 13.0. The lowest BCUT2D eigenvalue weighted by Gasteiger charge is -2.31. The molecular formula is C18H22FN3O. The maximum Gasteiger partial charge on any atom is 0.272 e. The standard InChI is InChI=1S/C18H22FN3O/c1-11(2)12(3)22(15-8-9-15)18(23)17-10-16(20-21-17)13-4-6-14(19)7-5-13/h4-7,10-12,15H,8-9H2,1-3H3,(H,20,21)/t12-/m0/s1. The number of carbonyl (C=O) groups is 1. The minimum absolute atomic E-state index is 0.00504. The number of aromatic nitrogens is 2. The van der Waals surface area contributed by atoms with Crippen LogP contribution in [-0.4, -0.2) is 33.1 Å². The van der Waals surface area contributed by atoms with Crippen molar-refractivity contribution in [3.63, 3.8) is 0 Å². The Morgan fingerprint density at radius 3 is 2.48 bits per heavy atom. The van der Waals surface area contributed by atoms with Gasteiger partial charge in [0.1, 0.15) is 11.5 Å². The zero-order valence-corrected chi connectivity index (χ0v) is 13.7. The highest BCUT2D eigenvalue weighted by atomic mass is 19.1. The SMILES string of the molecule is CC(C)[C@H](C)N(C(=O)c1cc(-c2ccc(F)cc2)n[nH]1)C1CC1. The fourth-order valence-corrected chi connectivity index (χ4v) is 2.70. The predicted octanol–water partition coefficient (Wildman–Crippen LogP) is 3.86. The van der Waals surface area contributed by atoms with E-state index >= 15 is 0 Å². The third kappa shape index (κ3) is 3.28. The number of amides is 1. The minimum Gasteiger partial charge on any atom is -0.331 e. The quantitative estimate of drug-likeness (QED) is 0.910. The maximum atomic E-state index is 13.0. The molecule has 4 nitrogen and oxygen atoms in total. The molecule has 1 saturated carbocycles. The molecule has 1 aromatic heterocycles. The van der Waals surface area contributed by atoms with Crippen LogP contribution in [0.25, 0.3) is 11.3 Å². The number of nitrogens with zero attached hydrogens (tertiary/aromatic N) is 2. The van der Waals surface area contributed by atoms with Crippen LogP contribution in [-0.2, 0) is 0 Å². The molecule has 1 aliphatic carbocycles. The average Bonchev–Trinajstić information content (AvgIpc) is 3.23. The van der Waals surface area contributed by atoms with Crippen LogP contribution in [0.2, 0.25) is 0 Å². The van der Waals surface area contributed by atoms with Crippen LogP contribution in [0.4, 0.5) is 4.39 Å². The van der Waals surface area contributed by atoms with Gasteiger partial charge in [0.05, 0.1) is 5.69 Å². The molecule has 23 heavy (non-hydrogen) atoms. The Morgan fingerprint density at radius 2 is 1.91 bits per heavy atom. The molecular weight excluding hydrogens is 293 g/mol. The van der Waals surface area contributed by atoms with Gasteiger partial charge in [0.25, 0.3) is 5.91 Å². The lowest BCUT2D eigenvalue weighted by atomic mass is 10.0. The van der Waals surface area contributed by atoms with Crippen molar-refractivity contribution < 1.29 is 9.18 Å². The van der Waals surface area contributed by atoms with Crippen LogP contribution < -0.4 is 0 Å². The van der Waals surface area contributed by atoms with E-state index in [0.29, 0.717) is 23.3 Å². The molecule has 5 heteroatoms. The van der Waals surface area contributed by atoms with Crippen molar-refractivity contribution in [2.45, 2.75) is 45.7 Å². The van der Waals surface area contributed by atoms with E-state index in [2.05, 4.69) is 31.0 Å². The third-order valence-electron chi connectivity index (χ3n) is 4.53. The van der Waals surface area contributed by atoms with Crippen LogP contribution in [0, 0.1) is 11.7 Å². The fourth-order valence-electron chi connectivity index (χ4n) is 2.70. The summed E-state index contributed by atoms with van der Waals surface area (Å²) >= 11 is 0. The molecule has 0 bridgehead atoms. The molecule has 0 radical (unpaired) electrons. The number of H-pyrrole nitrogens is 1. The van der Waals surface area contributed by atoms with Gasteiger partial charge in [-0.1, -0.05) is 13.8 Å². The molecule has 122 valence electrons. The zero-order chi connectivity index (χ0) is 16.6. The number of hydrogen-bond acceptors (Lipinski definition) is 2. The van der Waals surface area contributed by atoms with Crippen LogP contribution in [0.15, 0.2) is 30.3 Å². The summed E-state index contributed by atoms with van der Waals surface area (Å²) in [4.78, 5) is 14.8. The Balaban J connectivity index is 1.83. The number of carbonyl (C=O) groups excluding carboxylic acids is 1. The Morgan fingerprint density at radius 1 is 1.26 bits per heavy atom. The number of rotatable bonds is 5. The van der Waals surface area contributed by atoms with E-state index in [4.69, 9.17) is 0 Å². The summed E-state index contributed by atoms with van der Waals surface area (Å²) in [5.41, 5.74) is 1.93. The summed E-state index contributed by atoms with van der Waals surface area (Å²) in [6.07, 6.45) is 2.14. The average molecular weight is 315 g/mol. The van der Waals surface area contributed by atoms with Crippen molar-refractivity contribution in [1.29, 1.82) is 0 Å². The van der Waals surface area contributed by atoms with Crippen molar-refractivity contribution in [3.8, 4) is 11.3 Å². The van der Waals surface area contributed by atoms with Crippen LogP contribution in [0.1, 0.15) is 44.1 Å². The number of nitrogens with one attached hydrogen (secondary N) is 1. The second kappa shape index (κ2) is 6.14. The second-order valence-electron chi connectivity index (χ2n) is 6.60. The first kappa shape index (κ1) is 15.7. The van der Waals surface area contributed by atoms with Gasteiger partial charge in [0.15, 0.2) is 0 Å². The molecule has 1 N–H and O–H groups in total. The molecule has 3 rings (SSSR count). The first-order valence-electron chi connectivity index (χ1n) is 8.11. The zero-order valence-electron chi connectivity index (χ0n) is 13.7. The highest BCUT2D eigenvalue weighted by molar-refractivity contribution is 5.94. The van der Waals surface area contributed by atoms with Crippen molar-refractivity contribution >= 4 is 5.91 Å². The Labute approximate surface area is 135 Å². The summed E-state index contributed by atoms with van der Waals surface area (Å²) in [7, 11) is 0. The lowest BCUT2D eigenvalue weighted by molar-refractivity contribution is 0.0621. The van der Waals surface area contributed by atoms with E-state index in [-0.39, 0.29) is 17.8 Å². The predicted molar refractivity (Wildman–Crippen MR) is 87.5 cm³/mol. The van der Waals surface area contributed by atoms with Gasteiger partial charge in [-0.25, -0.2) is 4.39 Å². The van der Waals surface area contributed by atoms with E-state index < -0.39 is 0 Å². The van der Waals surface area contributed by atoms with Gasteiger partial charge >= 0.3 is 0 Å². The fraction of sp³-hybridized carbons (Fsp3) is 0.444. The van der Waals surface area contributed by atoms with Gasteiger partial charge < -0.3 is 4.90 Å². The van der Waals surface area contributed by atoms with Crippen LogP contribution >= 0.6 is 0 Å². The minimum atomic E-state index is -0.286. The first-order chi connectivity index (χ1) is 11.0. The van der Waals surface area contributed by atoms with Gasteiger partial charge in [-0.2, -0.15) is 5.10 Å². The van der Waals surface area contributed by atoms with Gasteiger partial charge in [0, 0.05) is 17.6 Å². The van der Waals surface area contributed by atoms with Gasteiger partial charge in [-0.15, -0.1) is 0 Å². The summed E-state index contributed by atoms with van der Waals surface area (Å²) in [5, 5.41) is 7.05. The van der Waals surface area contributed by atoms with E-state index in [1.165, 1.54) is 12.1 Å². The number of halogens is 1. The normalized spacial score (nSPS) is 15.7. The van der Waals surface area contributed by atoms with E-state index in [1.807, 2.05) is 4.90 Å². The molecule has 1 fully saturated rings. The monoisotopic (exact) mass is 315 g/mol. The van der Waals surface area contributed by atoms with E-state index in [0.717, 1.165) is 18.4 Å². The Kier molecular flexibility index (Phi) is 4.20. The number of benzene rings is 1. The largest absolute Gasteiger partial charge is 0.331 e. The Bertz CT molecular complexity index is 689. The highest BCUT2D eigenvalue weighted by Crippen LogP contribution is 2.32. The van der Waals surface area contributed by atoms with Crippen molar-refractivity contribution in [3.05, 3.63) is 41.8 Å². The van der Waals surface area contributed by atoms with E-state index in [9.17, 15) is 9.18 Å². The molecule has 2 aromatic rings. The second-order valence-corrected chi connectivity index (χ2v) is 6.60. The summed E-state index contributed by atoms with van der Waals surface area (Å²) in [5.74, 6) is 0.111. The number of hydrogen-bond donors (Lipinski definition) is 1. The van der Waals surface area contributed by atoms with Crippen LogP contribution in [0.3, 0.4) is 0 Å². The molecule has 0 unspecified atom stereocenters. The number of aromatic amines is 1. The molecule has 1 heterocycles. The van der Waals surface area contributed by atoms with Crippen molar-refractivity contribution in [2.75, 3.05) is 0 Å². The smallest absolute Gasteiger partial charge is 0.272 e. The third-order valence-corrected chi connectivity index (χ3v) is 4.53. The summed E-state index contributed by atoms with van der Waals surface area (Å²) in [6.45, 7) is 6.35. The van der Waals surface area contributed by atoms with Crippen molar-refractivity contribution in [1.82, 2.24) is 15.1 Å². The topological polar surface area (TPSA) is 49.0 Å². The molecule has 0 spiro atoms. The maximum absolute atomic E-state index is 13.0.